The monoisotopic (exact) mass is 422 g/mol. The number of carbonyl (C=O) groups is 2. The van der Waals surface area contributed by atoms with Crippen LogP contribution in [-0.2, 0) is 9.59 Å². The first-order chi connectivity index (χ1) is 12.1. The van der Waals surface area contributed by atoms with Crippen molar-refractivity contribution in [3.8, 4) is 0 Å². The average Bonchev–Trinajstić information content (AvgIpc) is 3.15. The van der Waals surface area contributed by atoms with Gasteiger partial charge in [-0.2, -0.15) is 0 Å². The number of nitrogens with two attached hydrogens (primary N) is 1. The van der Waals surface area contributed by atoms with E-state index in [2.05, 4.69) is 4.90 Å². The first kappa shape index (κ1) is 24.5. The van der Waals surface area contributed by atoms with Crippen molar-refractivity contribution in [3.05, 3.63) is 0 Å². The van der Waals surface area contributed by atoms with Crippen LogP contribution in [0.15, 0.2) is 0 Å². The molecule has 3 rings (SSSR count). The predicted octanol–water partition coefficient (Wildman–Crippen LogP) is 1.90. The molecule has 0 aromatic carbocycles. The maximum absolute atomic E-state index is 12.7. The Balaban J connectivity index is 0.00000182. The van der Waals surface area contributed by atoms with Crippen molar-refractivity contribution < 1.29 is 9.59 Å². The summed E-state index contributed by atoms with van der Waals surface area (Å²) in [7, 11) is 0. The fraction of sp³-hybridized carbons (Fsp3) is 0.895. The summed E-state index contributed by atoms with van der Waals surface area (Å²) in [6.07, 6.45) is 8.84. The lowest BCUT2D eigenvalue weighted by atomic mass is 9.71. The Labute approximate surface area is 176 Å². The normalized spacial score (nSPS) is 22.7. The van der Waals surface area contributed by atoms with Crippen LogP contribution in [0.5, 0.6) is 0 Å². The van der Waals surface area contributed by atoms with Gasteiger partial charge >= 0.3 is 0 Å². The first-order valence-corrected chi connectivity index (χ1v) is 10.1. The molecule has 0 atom stereocenters. The van der Waals surface area contributed by atoms with Crippen molar-refractivity contribution in [2.75, 3.05) is 52.4 Å². The summed E-state index contributed by atoms with van der Waals surface area (Å²) in [4.78, 5) is 31.3. The predicted molar refractivity (Wildman–Crippen MR) is 113 cm³/mol. The first-order valence-electron chi connectivity index (χ1n) is 10.1. The second-order valence-electron chi connectivity index (χ2n) is 8.19. The number of carbonyl (C=O) groups excluding carboxylic acids is 2. The van der Waals surface area contributed by atoms with Gasteiger partial charge in [0.25, 0.3) is 0 Å². The van der Waals surface area contributed by atoms with E-state index in [-0.39, 0.29) is 42.0 Å². The maximum Gasteiger partial charge on any atom is 0.236 e. The van der Waals surface area contributed by atoms with Gasteiger partial charge in [-0.1, -0.05) is 19.3 Å². The number of hydrogen-bond donors (Lipinski definition) is 1. The molecular weight excluding hydrogens is 387 g/mol. The molecule has 0 unspecified atom stereocenters. The summed E-state index contributed by atoms with van der Waals surface area (Å²) in [6.45, 7) is 5.95. The number of halogens is 2. The van der Waals surface area contributed by atoms with Gasteiger partial charge in [-0.15, -0.1) is 24.8 Å². The molecule has 0 aromatic heterocycles. The molecule has 0 spiro atoms. The number of piperazine rings is 1. The van der Waals surface area contributed by atoms with Crippen LogP contribution in [0.25, 0.3) is 0 Å². The van der Waals surface area contributed by atoms with Gasteiger partial charge in [0.2, 0.25) is 11.8 Å². The second-order valence-corrected chi connectivity index (χ2v) is 8.19. The SMILES string of the molecule is Cl.Cl.NCC1(CC(=O)N2CCN(C(=O)CN3CCCC3)CC2)CCCCC1. The molecule has 6 nitrogen and oxygen atoms in total. The van der Waals surface area contributed by atoms with Crippen molar-refractivity contribution >= 4 is 36.6 Å². The molecule has 8 heteroatoms. The Bertz CT molecular complexity index is 472. The van der Waals surface area contributed by atoms with E-state index in [1.165, 1.54) is 32.1 Å². The number of hydrogen-bond acceptors (Lipinski definition) is 4. The minimum absolute atomic E-state index is 0. The van der Waals surface area contributed by atoms with Gasteiger partial charge in [-0.3, -0.25) is 14.5 Å². The molecule has 2 amide bonds. The van der Waals surface area contributed by atoms with Crippen molar-refractivity contribution in [2.45, 2.75) is 51.4 Å². The maximum atomic E-state index is 12.7. The van der Waals surface area contributed by atoms with E-state index in [4.69, 9.17) is 5.73 Å². The smallest absolute Gasteiger partial charge is 0.236 e. The summed E-state index contributed by atoms with van der Waals surface area (Å²) < 4.78 is 0. The molecule has 0 bridgehead atoms. The average molecular weight is 423 g/mol. The Hall–Kier alpha value is -0.560. The van der Waals surface area contributed by atoms with Crippen LogP contribution >= 0.6 is 24.8 Å². The lowest BCUT2D eigenvalue weighted by molar-refractivity contribution is -0.141. The van der Waals surface area contributed by atoms with E-state index in [1.54, 1.807) is 0 Å². The lowest BCUT2D eigenvalue weighted by Crippen LogP contribution is -2.53. The van der Waals surface area contributed by atoms with Gasteiger partial charge in [0.1, 0.15) is 0 Å². The lowest BCUT2D eigenvalue weighted by Gasteiger charge is -2.40. The van der Waals surface area contributed by atoms with Crippen molar-refractivity contribution in [1.29, 1.82) is 0 Å². The van der Waals surface area contributed by atoms with Crippen LogP contribution in [0, 0.1) is 5.41 Å². The molecule has 27 heavy (non-hydrogen) atoms. The van der Waals surface area contributed by atoms with Gasteiger partial charge in [-0.05, 0) is 50.7 Å². The summed E-state index contributed by atoms with van der Waals surface area (Å²) in [5.41, 5.74) is 6.05. The van der Waals surface area contributed by atoms with Crippen molar-refractivity contribution in [2.24, 2.45) is 11.1 Å². The minimum Gasteiger partial charge on any atom is -0.339 e. The molecule has 158 valence electrons. The third-order valence-corrected chi connectivity index (χ3v) is 6.42. The highest BCUT2D eigenvalue weighted by atomic mass is 35.5. The van der Waals surface area contributed by atoms with Crippen LogP contribution in [-0.4, -0.2) is 78.9 Å². The number of nitrogens with zero attached hydrogens (tertiary/aromatic N) is 3. The molecule has 1 saturated carbocycles. The van der Waals surface area contributed by atoms with Crippen LogP contribution in [0.4, 0.5) is 0 Å². The molecule has 0 radical (unpaired) electrons. The Morgan fingerprint density at radius 1 is 0.741 bits per heavy atom. The molecular formula is C19H36Cl2N4O2. The van der Waals surface area contributed by atoms with Gasteiger partial charge in [0, 0.05) is 32.6 Å². The second kappa shape index (κ2) is 11.4. The standard InChI is InChI=1S/C19H34N4O2.2ClH/c20-16-19(6-2-1-3-7-19)14-17(24)22-10-12-23(13-11-22)18(25)15-21-8-4-5-9-21;;/h1-16,20H2;2*1H. The van der Waals surface area contributed by atoms with E-state index in [0.717, 1.165) is 25.9 Å². The molecule has 3 fully saturated rings. The fourth-order valence-electron chi connectivity index (χ4n) is 4.62. The van der Waals surface area contributed by atoms with Gasteiger partial charge in [0.15, 0.2) is 0 Å². The minimum atomic E-state index is 0. The fourth-order valence-corrected chi connectivity index (χ4v) is 4.62. The summed E-state index contributed by atoms with van der Waals surface area (Å²) >= 11 is 0. The number of likely N-dealkylation sites (tertiary alicyclic amines) is 1. The number of rotatable bonds is 5. The van der Waals surface area contributed by atoms with Crippen LogP contribution < -0.4 is 5.73 Å². The van der Waals surface area contributed by atoms with Gasteiger partial charge in [0.05, 0.1) is 6.54 Å². The quantitative estimate of drug-likeness (QED) is 0.734. The molecule has 2 aliphatic heterocycles. The van der Waals surface area contributed by atoms with E-state index in [1.807, 2.05) is 9.80 Å². The Morgan fingerprint density at radius 3 is 1.78 bits per heavy atom. The van der Waals surface area contributed by atoms with Crippen molar-refractivity contribution in [3.63, 3.8) is 0 Å². The number of amides is 2. The molecule has 2 saturated heterocycles. The van der Waals surface area contributed by atoms with Crippen LogP contribution in [0.2, 0.25) is 0 Å². The Morgan fingerprint density at radius 2 is 1.26 bits per heavy atom. The summed E-state index contributed by atoms with van der Waals surface area (Å²) in [5.74, 6) is 0.457. The third-order valence-electron chi connectivity index (χ3n) is 6.42. The zero-order chi connectivity index (χ0) is 17.7. The summed E-state index contributed by atoms with van der Waals surface area (Å²) in [6, 6.07) is 0. The van der Waals surface area contributed by atoms with E-state index < -0.39 is 0 Å². The third kappa shape index (κ3) is 6.48. The molecule has 2 heterocycles. The molecule has 0 aromatic rings. The van der Waals surface area contributed by atoms with Crippen LogP contribution in [0.3, 0.4) is 0 Å². The highest BCUT2D eigenvalue weighted by molar-refractivity contribution is 5.85. The van der Waals surface area contributed by atoms with Crippen molar-refractivity contribution in [1.82, 2.24) is 14.7 Å². The van der Waals surface area contributed by atoms with E-state index in [9.17, 15) is 9.59 Å². The highest BCUT2D eigenvalue weighted by Crippen LogP contribution is 2.38. The van der Waals surface area contributed by atoms with Crippen LogP contribution in [0.1, 0.15) is 51.4 Å². The summed E-state index contributed by atoms with van der Waals surface area (Å²) in [5, 5.41) is 0. The largest absolute Gasteiger partial charge is 0.339 e. The topological polar surface area (TPSA) is 69.9 Å². The Kier molecular flexibility index (Phi) is 10.4. The zero-order valence-electron chi connectivity index (χ0n) is 16.4. The van der Waals surface area contributed by atoms with Gasteiger partial charge in [-0.25, -0.2) is 0 Å². The van der Waals surface area contributed by atoms with E-state index >= 15 is 0 Å². The van der Waals surface area contributed by atoms with Gasteiger partial charge < -0.3 is 15.5 Å². The zero-order valence-corrected chi connectivity index (χ0v) is 18.0. The van der Waals surface area contributed by atoms with E-state index in [0.29, 0.717) is 45.7 Å². The highest BCUT2D eigenvalue weighted by Gasteiger charge is 2.35. The molecule has 1 aliphatic carbocycles. The molecule has 3 aliphatic rings. The molecule has 2 N–H and O–H groups in total.